The molecule has 2 aromatic rings. The highest BCUT2D eigenvalue weighted by atomic mass is 32.1. The molecular formula is C14H17N3OS. The van der Waals surface area contributed by atoms with Crippen molar-refractivity contribution in [2.45, 2.75) is 26.4 Å². The number of aromatic nitrogens is 2. The lowest BCUT2D eigenvalue weighted by atomic mass is 10.1. The molecule has 2 heterocycles. The lowest BCUT2D eigenvalue weighted by Gasteiger charge is -2.06. The van der Waals surface area contributed by atoms with Gasteiger partial charge in [-0.25, -0.2) is 0 Å². The number of hydrogen-bond donors (Lipinski definition) is 1. The van der Waals surface area contributed by atoms with E-state index in [-0.39, 0.29) is 6.10 Å². The number of nitrogens with one attached hydrogen (secondary N) is 1. The Kier molecular flexibility index (Phi) is 3.38. The Bertz CT molecular complexity index is 542. The van der Waals surface area contributed by atoms with Crippen molar-refractivity contribution in [3.8, 4) is 5.75 Å². The third-order valence-electron chi connectivity index (χ3n) is 3.04. The first-order valence-electron chi connectivity index (χ1n) is 6.54. The average molecular weight is 275 g/mol. The summed E-state index contributed by atoms with van der Waals surface area (Å²) in [7, 11) is 0. The van der Waals surface area contributed by atoms with Crippen molar-refractivity contribution in [2.24, 2.45) is 5.92 Å². The van der Waals surface area contributed by atoms with Crippen LogP contribution in [0, 0.1) is 5.92 Å². The van der Waals surface area contributed by atoms with Crippen LogP contribution in [0.15, 0.2) is 24.3 Å². The minimum absolute atomic E-state index is 0.0387. The smallest absolute Gasteiger partial charge is 0.202 e. The molecule has 1 aromatic heterocycles. The van der Waals surface area contributed by atoms with E-state index in [4.69, 9.17) is 4.74 Å². The lowest BCUT2D eigenvalue weighted by Crippen LogP contribution is -2.09. The highest BCUT2D eigenvalue weighted by molar-refractivity contribution is 7.09. The zero-order valence-electron chi connectivity index (χ0n) is 11.1. The second kappa shape index (κ2) is 5.17. The number of nitrogens with zero attached hydrogens (tertiary/aromatic N) is 2. The molecule has 1 aliphatic heterocycles. The van der Waals surface area contributed by atoms with Gasteiger partial charge in [0.2, 0.25) is 5.13 Å². The molecule has 0 spiro atoms. The minimum Gasteiger partial charge on any atom is -0.482 e. The molecule has 4 nitrogen and oxygen atoms in total. The van der Waals surface area contributed by atoms with Gasteiger partial charge in [0, 0.05) is 24.5 Å². The summed E-state index contributed by atoms with van der Waals surface area (Å²) in [5, 5.41) is 4.18. The van der Waals surface area contributed by atoms with Gasteiger partial charge in [-0.05, 0) is 17.5 Å². The van der Waals surface area contributed by atoms with Crippen LogP contribution in [0.25, 0.3) is 0 Å². The molecule has 1 aromatic carbocycles. The van der Waals surface area contributed by atoms with Crippen molar-refractivity contribution in [3.05, 3.63) is 35.7 Å². The Balaban J connectivity index is 1.68. The van der Waals surface area contributed by atoms with Gasteiger partial charge in [-0.1, -0.05) is 32.0 Å². The van der Waals surface area contributed by atoms with Crippen LogP contribution in [0.4, 0.5) is 5.13 Å². The lowest BCUT2D eigenvalue weighted by molar-refractivity contribution is 0.229. The van der Waals surface area contributed by atoms with Crippen molar-refractivity contribution in [1.82, 2.24) is 9.36 Å². The van der Waals surface area contributed by atoms with Gasteiger partial charge < -0.3 is 10.1 Å². The van der Waals surface area contributed by atoms with Gasteiger partial charge in [-0.2, -0.15) is 9.36 Å². The predicted molar refractivity (Wildman–Crippen MR) is 76.8 cm³/mol. The number of rotatable bonds is 4. The molecule has 0 fully saturated rings. The maximum atomic E-state index is 5.89. The molecule has 0 radical (unpaired) electrons. The number of hydrogen-bond acceptors (Lipinski definition) is 5. The van der Waals surface area contributed by atoms with Crippen molar-refractivity contribution >= 4 is 16.7 Å². The molecule has 1 unspecified atom stereocenters. The Morgan fingerprint density at radius 3 is 3.05 bits per heavy atom. The van der Waals surface area contributed by atoms with Crippen molar-refractivity contribution in [2.75, 3.05) is 11.9 Å². The fraction of sp³-hybridized carbons (Fsp3) is 0.429. The van der Waals surface area contributed by atoms with Crippen LogP contribution < -0.4 is 10.1 Å². The van der Waals surface area contributed by atoms with Gasteiger partial charge in [0.05, 0.1) is 0 Å². The van der Waals surface area contributed by atoms with Crippen molar-refractivity contribution < 1.29 is 4.74 Å². The molecule has 0 saturated carbocycles. The number of anilines is 1. The first kappa shape index (κ1) is 12.4. The van der Waals surface area contributed by atoms with Crippen LogP contribution in [0.1, 0.15) is 31.3 Å². The van der Waals surface area contributed by atoms with Gasteiger partial charge in [-0.15, -0.1) is 0 Å². The maximum absolute atomic E-state index is 5.89. The Hall–Kier alpha value is -1.62. The topological polar surface area (TPSA) is 47.0 Å². The zero-order valence-corrected chi connectivity index (χ0v) is 11.9. The fourth-order valence-corrected chi connectivity index (χ4v) is 2.68. The van der Waals surface area contributed by atoms with Crippen molar-refractivity contribution in [3.63, 3.8) is 0 Å². The second-order valence-electron chi connectivity index (χ2n) is 5.15. The van der Waals surface area contributed by atoms with Gasteiger partial charge in [0.1, 0.15) is 5.75 Å². The molecule has 100 valence electrons. The van der Waals surface area contributed by atoms with E-state index in [1.165, 1.54) is 17.1 Å². The number of fused-ring (bicyclic) bond motifs is 1. The normalized spacial score (nSPS) is 17.3. The average Bonchev–Trinajstić information content (AvgIpc) is 3.02. The van der Waals surface area contributed by atoms with Gasteiger partial charge in [0.15, 0.2) is 11.9 Å². The quantitative estimate of drug-likeness (QED) is 0.930. The summed E-state index contributed by atoms with van der Waals surface area (Å²) in [5.74, 6) is 2.34. The highest BCUT2D eigenvalue weighted by Gasteiger charge is 2.27. The molecule has 3 rings (SSSR count). The van der Waals surface area contributed by atoms with Gasteiger partial charge in [-0.3, -0.25) is 0 Å². The Labute approximate surface area is 117 Å². The molecule has 19 heavy (non-hydrogen) atoms. The van der Waals surface area contributed by atoms with E-state index >= 15 is 0 Å². The molecule has 0 saturated heterocycles. The minimum atomic E-state index is -0.0387. The summed E-state index contributed by atoms with van der Waals surface area (Å²) in [4.78, 5) is 4.52. The second-order valence-corrected chi connectivity index (χ2v) is 5.90. The predicted octanol–water partition coefficient (Wildman–Crippen LogP) is 3.28. The molecule has 1 aliphatic rings. The van der Waals surface area contributed by atoms with E-state index in [1.807, 2.05) is 18.2 Å². The molecular weight excluding hydrogens is 258 g/mol. The Morgan fingerprint density at radius 1 is 1.42 bits per heavy atom. The van der Waals surface area contributed by atoms with Crippen LogP contribution in [0.5, 0.6) is 5.75 Å². The van der Waals surface area contributed by atoms with E-state index in [2.05, 4.69) is 34.6 Å². The summed E-state index contributed by atoms with van der Waals surface area (Å²) >= 11 is 1.40. The molecule has 0 amide bonds. The zero-order chi connectivity index (χ0) is 13.2. The van der Waals surface area contributed by atoms with Crippen LogP contribution >= 0.6 is 11.5 Å². The highest BCUT2D eigenvalue weighted by Crippen LogP contribution is 2.35. The van der Waals surface area contributed by atoms with Crippen LogP contribution in [0.3, 0.4) is 0 Å². The maximum Gasteiger partial charge on any atom is 0.202 e. The van der Waals surface area contributed by atoms with E-state index in [0.717, 1.165) is 29.7 Å². The third kappa shape index (κ3) is 2.71. The summed E-state index contributed by atoms with van der Waals surface area (Å²) < 4.78 is 10.3. The third-order valence-corrected chi connectivity index (χ3v) is 3.73. The summed E-state index contributed by atoms with van der Waals surface area (Å²) in [6.45, 7) is 5.26. The molecule has 1 atom stereocenters. The fourth-order valence-electron chi connectivity index (χ4n) is 2.05. The Morgan fingerprint density at radius 2 is 2.26 bits per heavy atom. The number of ether oxygens (including phenoxy) is 1. The van der Waals surface area contributed by atoms with Crippen LogP contribution in [-0.4, -0.2) is 15.9 Å². The van der Waals surface area contributed by atoms with E-state index in [1.54, 1.807) is 0 Å². The molecule has 0 bridgehead atoms. The van der Waals surface area contributed by atoms with Crippen LogP contribution in [0.2, 0.25) is 0 Å². The summed E-state index contributed by atoms with van der Waals surface area (Å²) in [6, 6.07) is 8.12. The standard InChI is InChI=1S/C14H17N3OS/c1-9(2)8-15-14-16-13(17-19-14)12-7-10-5-3-4-6-11(10)18-12/h3-6,9,12H,7-8H2,1-2H3,(H,15,16,17). The summed E-state index contributed by atoms with van der Waals surface area (Å²) in [5.41, 5.74) is 1.24. The monoisotopic (exact) mass is 275 g/mol. The van der Waals surface area contributed by atoms with Gasteiger partial charge >= 0.3 is 0 Å². The first-order valence-corrected chi connectivity index (χ1v) is 7.32. The SMILES string of the molecule is CC(C)CNc1nc(C2Cc3ccccc3O2)ns1. The molecule has 5 heteroatoms. The van der Waals surface area contributed by atoms with Crippen molar-refractivity contribution in [1.29, 1.82) is 0 Å². The van der Waals surface area contributed by atoms with Crippen LogP contribution in [-0.2, 0) is 6.42 Å². The van der Waals surface area contributed by atoms with Gasteiger partial charge in [0.25, 0.3) is 0 Å². The van der Waals surface area contributed by atoms with E-state index < -0.39 is 0 Å². The molecule has 1 N–H and O–H groups in total. The molecule has 0 aliphatic carbocycles. The summed E-state index contributed by atoms with van der Waals surface area (Å²) in [6.07, 6.45) is 0.819. The largest absolute Gasteiger partial charge is 0.482 e. The number of benzene rings is 1. The number of para-hydroxylation sites is 1. The van der Waals surface area contributed by atoms with E-state index in [0.29, 0.717) is 5.92 Å². The first-order chi connectivity index (χ1) is 9.22. The van der Waals surface area contributed by atoms with E-state index in [9.17, 15) is 0 Å².